The summed E-state index contributed by atoms with van der Waals surface area (Å²) in [5, 5.41) is 12.5. The van der Waals surface area contributed by atoms with E-state index in [4.69, 9.17) is 5.11 Å². The van der Waals surface area contributed by atoms with Gasteiger partial charge in [-0.2, -0.15) is 0 Å². The van der Waals surface area contributed by atoms with Crippen LogP contribution in [0.4, 0.5) is 0 Å². The first-order valence-electron chi connectivity index (χ1n) is 6.59. The van der Waals surface area contributed by atoms with Gasteiger partial charge in [-0.1, -0.05) is 40.0 Å². The van der Waals surface area contributed by atoms with Crippen molar-refractivity contribution < 1.29 is 5.11 Å². The Bertz CT molecular complexity index is 118. The minimum Gasteiger partial charge on any atom is -0.396 e. The zero-order chi connectivity index (χ0) is 11.5. The molecule has 0 aromatic carbocycles. The minimum absolute atomic E-state index is 0.331. The van der Waals surface area contributed by atoms with Gasteiger partial charge in [0.05, 0.1) is 0 Å². The monoisotopic (exact) mass is 215 g/mol. The van der Waals surface area contributed by atoms with Crippen molar-refractivity contribution in [3.8, 4) is 0 Å². The largest absolute Gasteiger partial charge is 0.396 e. The highest BCUT2D eigenvalue weighted by atomic mass is 16.3. The highest BCUT2D eigenvalue weighted by molar-refractivity contribution is 4.64. The molecule has 0 aromatic rings. The number of rotatable bonds is 10. The van der Waals surface area contributed by atoms with Crippen LogP contribution in [0.25, 0.3) is 0 Å². The van der Waals surface area contributed by atoms with Crippen molar-refractivity contribution >= 4 is 0 Å². The third kappa shape index (κ3) is 7.80. The Balaban J connectivity index is 3.59. The van der Waals surface area contributed by atoms with Gasteiger partial charge in [-0.3, -0.25) is 0 Å². The molecule has 0 spiro atoms. The van der Waals surface area contributed by atoms with Crippen LogP contribution < -0.4 is 5.32 Å². The Morgan fingerprint density at radius 2 is 1.53 bits per heavy atom. The summed E-state index contributed by atoms with van der Waals surface area (Å²) < 4.78 is 0. The quantitative estimate of drug-likeness (QED) is 0.587. The molecule has 2 N–H and O–H groups in total. The molecule has 2 nitrogen and oxygen atoms in total. The second-order valence-corrected chi connectivity index (χ2v) is 4.51. The molecule has 0 aliphatic rings. The van der Waals surface area contributed by atoms with E-state index in [2.05, 4.69) is 26.1 Å². The molecule has 0 saturated carbocycles. The zero-order valence-corrected chi connectivity index (χ0v) is 10.8. The van der Waals surface area contributed by atoms with E-state index in [0.29, 0.717) is 12.5 Å². The minimum atomic E-state index is 0.331. The van der Waals surface area contributed by atoms with Crippen LogP contribution in [0.3, 0.4) is 0 Å². The van der Waals surface area contributed by atoms with Gasteiger partial charge in [0, 0.05) is 6.61 Å². The topological polar surface area (TPSA) is 32.3 Å². The van der Waals surface area contributed by atoms with Crippen LogP contribution >= 0.6 is 0 Å². The molecule has 0 rings (SSSR count). The maximum atomic E-state index is 8.94. The van der Waals surface area contributed by atoms with E-state index in [1.54, 1.807) is 0 Å². The standard InChI is InChI=1S/C13H29NO/c1-4-7-13(8-9-15)11-14-10-12(5-2)6-3/h12-15H,4-11H2,1-3H3. The van der Waals surface area contributed by atoms with E-state index >= 15 is 0 Å². The van der Waals surface area contributed by atoms with Crippen molar-refractivity contribution in [3.05, 3.63) is 0 Å². The highest BCUT2D eigenvalue weighted by Gasteiger charge is 2.08. The fourth-order valence-electron chi connectivity index (χ4n) is 2.01. The van der Waals surface area contributed by atoms with Crippen LogP contribution in [-0.2, 0) is 0 Å². The smallest absolute Gasteiger partial charge is 0.0434 e. The predicted octanol–water partition coefficient (Wildman–Crippen LogP) is 2.81. The molecule has 0 saturated heterocycles. The SMILES string of the molecule is CCCC(CCO)CNCC(CC)CC. The van der Waals surface area contributed by atoms with Crippen LogP contribution in [0.5, 0.6) is 0 Å². The van der Waals surface area contributed by atoms with Crippen LogP contribution in [0.2, 0.25) is 0 Å². The third-order valence-electron chi connectivity index (χ3n) is 3.25. The first-order valence-corrected chi connectivity index (χ1v) is 6.59. The lowest BCUT2D eigenvalue weighted by atomic mass is 9.99. The van der Waals surface area contributed by atoms with Crippen LogP contribution in [0.15, 0.2) is 0 Å². The summed E-state index contributed by atoms with van der Waals surface area (Å²) in [6.45, 7) is 9.27. The molecular formula is C13H29NO. The molecule has 0 radical (unpaired) electrons. The van der Waals surface area contributed by atoms with Gasteiger partial charge in [-0.05, 0) is 37.8 Å². The molecule has 0 fully saturated rings. The fourth-order valence-corrected chi connectivity index (χ4v) is 2.01. The summed E-state index contributed by atoms with van der Waals surface area (Å²) in [5.41, 5.74) is 0. The van der Waals surface area contributed by atoms with Crippen LogP contribution in [-0.4, -0.2) is 24.8 Å². The summed E-state index contributed by atoms with van der Waals surface area (Å²) >= 11 is 0. The van der Waals surface area contributed by atoms with Gasteiger partial charge in [-0.15, -0.1) is 0 Å². The van der Waals surface area contributed by atoms with Gasteiger partial charge in [-0.25, -0.2) is 0 Å². The van der Waals surface area contributed by atoms with Gasteiger partial charge in [0.1, 0.15) is 0 Å². The first kappa shape index (κ1) is 14.9. The van der Waals surface area contributed by atoms with Crippen molar-refractivity contribution in [1.82, 2.24) is 5.32 Å². The number of hydrogen-bond donors (Lipinski definition) is 2. The molecule has 0 bridgehead atoms. The molecule has 0 aliphatic heterocycles. The van der Waals surface area contributed by atoms with Gasteiger partial charge >= 0.3 is 0 Å². The Kier molecular flexibility index (Phi) is 10.4. The lowest BCUT2D eigenvalue weighted by molar-refractivity contribution is 0.246. The fraction of sp³-hybridized carbons (Fsp3) is 1.00. The van der Waals surface area contributed by atoms with Crippen molar-refractivity contribution in [3.63, 3.8) is 0 Å². The van der Waals surface area contributed by atoms with Gasteiger partial charge in [0.15, 0.2) is 0 Å². The van der Waals surface area contributed by atoms with E-state index in [-0.39, 0.29) is 0 Å². The van der Waals surface area contributed by atoms with Gasteiger partial charge in [0.2, 0.25) is 0 Å². The lowest BCUT2D eigenvalue weighted by Crippen LogP contribution is -2.28. The molecule has 0 amide bonds. The first-order chi connectivity index (χ1) is 7.28. The van der Waals surface area contributed by atoms with Crippen LogP contribution in [0, 0.1) is 11.8 Å². The van der Waals surface area contributed by atoms with E-state index < -0.39 is 0 Å². The van der Waals surface area contributed by atoms with E-state index in [9.17, 15) is 0 Å². The normalized spacial score (nSPS) is 13.4. The second kappa shape index (κ2) is 10.4. The van der Waals surface area contributed by atoms with Gasteiger partial charge < -0.3 is 10.4 Å². The molecule has 15 heavy (non-hydrogen) atoms. The maximum absolute atomic E-state index is 8.94. The van der Waals surface area contributed by atoms with Crippen molar-refractivity contribution in [2.24, 2.45) is 11.8 Å². The molecular weight excluding hydrogens is 186 g/mol. The molecule has 1 unspecified atom stereocenters. The molecule has 0 aliphatic carbocycles. The Labute approximate surface area is 95.5 Å². The Morgan fingerprint density at radius 3 is 2.00 bits per heavy atom. The maximum Gasteiger partial charge on any atom is 0.0434 e. The third-order valence-corrected chi connectivity index (χ3v) is 3.25. The summed E-state index contributed by atoms with van der Waals surface area (Å²) in [6.07, 6.45) is 5.93. The molecule has 2 heteroatoms. The summed E-state index contributed by atoms with van der Waals surface area (Å²) in [4.78, 5) is 0. The predicted molar refractivity (Wildman–Crippen MR) is 67.0 cm³/mol. The average Bonchev–Trinajstić information content (AvgIpc) is 2.25. The summed E-state index contributed by atoms with van der Waals surface area (Å²) in [7, 11) is 0. The van der Waals surface area contributed by atoms with E-state index in [1.165, 1.54) is 25.7 Å². The van der Waals surface area contributed by atoms with Crippen molar-refractivity contribution in [2.75, 3.05) is 19.7 Å². The summed E-state index contributed by atoms with van der Waals surface area (Å²) in [5.74, 6) is 1.48. The zero-order valence-electron chi connectivity index (χ0n) is 10.8. The summed E-state index contributed by atoms with van der Waals surface area (Å²) in [6, 6.07) is 0. The van der Waals surface area contributed by atoms with Crippen molar-refractivity contribution in [2.45, 2.75) is 52.9 Å². The number of aliphatic hydroxyl groups excluding tert-OH is 1. The Hall–Kier alpha value is -0.0800. The van der Waals surface area contributed by atoms with E-state index in [1.807, 2.05) is 0 Å². The van der Waals surface area contributed by atoms with Gasteiger partial charge in [0.25, 0.3) is 0 Å². The van der Waals surface area contributed by atoms with E-state index in [0.717, 1.165) is 25.4 Å². The lowest BCUT2D eigenvalue weighted by Gasteiger charge is -2.18. The Morgan fingerprint density at radius 1 is 0.933 bits per heavy atom. The second-order valence-electron chi connectivity index (χ2n) is 4.51. The highest BCUT2D eigenvalue weighted by Crippen LogP contribution is 2.10. The van der Waals surface area contributed by atoms with Crippen LogP contribution in [0.1, 0.15) is 52.9 Å². The van der Waals surface area contributed by atoms with Crippen molar-refractivity contribution in [1.29, 1.82) is 0 Å². The number of nitrogens with one attached hydrogen (secondary N) is 1. The average molecular weight is 215 g/mol. The molecule has 0 aromatic heterocycles. The molecule has 0 heterocycles. The molecule has 92 valence electrons. The molecule has 1 atom stereocenters. The number of hydrogen-bond acceptors (Lipinski definition) is 2. The number of aliphatic hydroxyl groups is 1.